The number of carboxylic acids is 1. The number of aryl methyl sites for hydroxylation is 1. The molecule has 6 aromatic rings. The molecule has 4 aromatic carbocycles. The first-order chi connectivity index (χ1) is 21.5. The summed E-state index contributed by atoms with van der Waals surface area (Å²) in [7, 11) is 0. The zero-order valence-electron chi connectivity index (χ0n) is 23.6. The Bertz CT molecular complexity index is 1980. The number of rotatable bonds is 9. The number of furan rings is 1. The Morgan fingerprint density at radius 2 is 1.57 bits per heavy atom. The number of nitrogens with one attached hydrogen (secondary N) is 1. The third kappa shape index (κ3) is 4.88. The lowest BCUT2D eigenvalue weighted by molar-refractivity contribution is -0.121. The highest BCUT2D eigenvalue weighted by Crippen LogP contribution is 2.44. The SMILES string of the molecule is O=C(CCCCn1cc(-c2c(-c3ccccc3)oc3cc(O)c(C(=O)O)cc23)nn1)NC1c2ccccc2-c2ccccc21. The molecule has 218 valence electrons. The topological polar surface area (TPSA) is 130 Å². The smallest absolute Gasteiger partial charge is 0.339 e. The lowest BCUT2D eigenvalue weighted by Crippen LogP contribution is -2.27. The van der Waals surface area contributed by atoms with Crippen LogP contribution in [-0.2, 0) is 11.3 Å². The minimum absolute atomic E-state index is 0.00403. The minimum atomic E-state index is -1.24. The Morgan fingerprint density at radius 1 is 0.886 bits per heavy atom. The Morgan fingerprint density at radius 3 is 2.27 bits per heavy atom. The third-order valence-corrected chi connectivity index (χ3v) is 8.05. The number of benzene rings is 4. The summed E-state index contributed by atoms with van der Waals surface area (Å²) in [5.41, 5.74) is 6.55. The highest BCUT2D eigenvalue weighted by atomic mass is 16.4. The lowest BCUT2D eigenvalue weighted by Gasteiger charge is -2.16. The molecule has 0 bridgehead atoms. The molecule has 2 aromatic heterocycles. The number of aromatic hydroxyl groups is 1. The van der Waals surface area contributed by atoms with Crippen molar-refractivity contribution in [3.8, 4) is 39.5 Å². The number of aromatic nitrogens is 3. The van der Waals surface area contributed by atoms with Gasteiger partial charge in [-0.1, -0.05) is 84.1 Å². The van der Waals surface area contributed by atoms with Crippen LogP contribution in [0.4, 0.5) is 0 Å². The number of nitrogens with zero attached hydrogens (tertiary/aromatic N) is 3. The van der Waals surface area contributed by atoms with Crippen LogP contribution in [-0.4, -0.2) is 37.1 Å². The van der Waals surface area contributed by atoms with Crippen molar-refractivity contribution >= 4 is 22.8 Å². The van der Waals surface area contributed by atoms with E-state index in [2.05, 4.69) is 39.9 Å². The van der Waals surface area contributed by atoms with Crippen LogP contribution in [0.3, 0.4) is 0 Å². The fourth-order valence-corrected chi connectivity index (χ4v) is 5.98. The van der Waals surface area contributed by atoms with Crippen LogP contribution in [0.1, 0.15) is 46.8 Å². The fraction of sp³-hybridized carbons (Fsp3) is 0.143. The molecule has 1 aliphatic carbocycles. The molecule has 0 saturated heterocycles. The predicted octanol–water partition coefficient (Wildman–Crippen LogP) is 6.82. The molecule has 3 N–H and O–H groups in total. The van der Waals surface area contributed by atoms with Crippen molar-refractivity contribution in [2.75, 3.05) is 0 Å². The second-order valence-electron chi connectivity index (χ2n) is 10.8. The van der Waals surface area contributed by atoms with Crippen LogP contribution in [0.2, 0.25) is 0 Å². The number of unbranched alkanes of at least 4 members (excludes halogenated alkanes) is 1. The zero-order chi connectivity index (χ0) is 30.2. The highest BCUT2D eigenvalue weighted by Gasteiger charge is 2.29. The molecule has 1 aliphatic rings. The van der Waals surface area contributed by atoms with Gasteiger partial charge in [0.15, 0.2) is 0 Å². The van der Waals surface area contributed by atoms with Gasteiger partial charge in [0.25, 0.3) is 0 Å². The second-order valence-corrected chi connectivity index (χ2v) is 10.8. The summed E-state index contributed by atoms with van der Waals surface area (Å²) in [6.07, 6.45) is 3.55. The van der Waals surface area contributed by atoms with Crippen LogP contribution in [0.15, 0.2) is 102 Å². The first kappa shape index (κ1) is 27.2. The zero-order valence-corrected chi connectivity index (χ0v) is 23.6. The highest BCUT2D eigenvalue weighted by molar-refractivity contribution is 6.05. The number of carbonyl (C=O) groups excluding carboxylic acids is 1. The lowest BCUT2D eigenvalue weighted by atomic mass is 10.0. The van der Waals surface area contributed by atoms with E-state index < -0.39 is 5.97 Å². The van der Waals surface area contributed by atoms with Gasteiger partial charge in [-0.15, -0.1) is 5.10 Å². The van der Waals surface area contributed by atoms with Gasteiger partial charge >= 0.3 is 5.97 Å². The van der Waals surface area contributed by atoms with Crippen molar-refractivity contribution < 1.29 is 24.2 Å². The van der Waals surface area contributed by atoms with Gasteiger partial charge in [-0.3, -0.25) is 9.48 Å². The largest absolute Gasteiger partial charge is 0.507 e. The first-order valence-electron chi connectivity index (χ1n) is 14.4. The van der Waals surface area contributed by atoms with Crippen LogP contribution in [0, 0.1) is 0 Å². The molecule has 2 heterocycles. The average Bonchev–Trinajstić information content (AvgIpc) is 3.74. The molecule has 44 heavy (non-hydrogen) atoms. The number of phenols is 1. The average molecular weight is 585 g/mol. The minimum Gasteiger partial charge on any atom is -0.507 e. The van der Waals surface area contributed by atoms with Crippen molar-refractivity contribution in [1.82, 2.24) is 20.3 Å². The fourth-order valence-electron chi connectivity index (χ4n) is 5.98. The van der Waals surface area contributed by atoms with Crippen LogP contribution in [0.25, 0.3) is 44.7 Å². The van der Waals surface area contributed by atoms with Gasteiger partial charge in [0.1, 0.15) is 28.4 Å². The van der Waals surface area contributed by atoms with Crippen molar-refractivity contribution in [1.29, 1.82) is 0 Å². The normalized spacial score (nSPS) is 12.3. The number of carbonyl (C=O) groups is 2. The van der Waals surface area contributed by atoms with E-state index in [0.717, 1.165) is 27.8 Å². The van der Waals surface area contributed by atoms with Gasteiger partial charge < -0.3 is 19.9 Å². The molecule has 0 aliphatic heterocycles. The number of amides is 1. The van der Waals surface area contributed by atoms with E-state index in [-0.39, 0.29) is 23.3 Å². The van der Waals surface area contributed by atoms with Crippen LogP contribution in [0.5, 0.6) is 5.75 Å². The maximum atomic E-state index is 13.0. The Balaban J connectivity index is 1.05. The van der Waals surface area contributed by atoms with E-state index in [1.54, 1.807) is 10.9 Å². The molecule has 9 heteroatoms. The van der Waals surface area contributed by atoms with E-state index in [1.807, 2.05) is 54.6 Å². The summed E-state index contributed by atoms with van der Waals surface area (Å²) in [5, 5.41) is 32.3. The van der Waals surface area contributed by atoms with E-state index in [9.17, 15) is 19.8 Å². The second kappa shape index (κ2) is 11.2. The summed E-state index contributed by atoms with van der Waals surface area (Å²) in [6.45, 7) is 0.549. The number of carboxylic acid groups (broad SMARTS) is 1. The summed E-state index contributed by atoms with van der Waals surface area (Å²) in [4.78, 5) is 24.7. The van der Waals surface area contributed by atoms with Crippen LogP contribution >= 0.6 is 0 Å². The third-order valence-electron chi connectivity index (χ3n) is 8.05. The number of hydrogen-bond donors (Lipinski definition) is 3. The number of aromatic carboxylic acids is 1. The predicted molar refractivity (Wildman–Crippen MR) is 165 cm³/mol. The van der Waals surface area contributed by atoms with Gasteiger partial charge in [-0.25, -0.2) is 4.79 Å². The summed E-state index contributed by atoms with van der Waals surface area (Å²) >= 11 is 0. The first-order valence-corrected chi connectivity index (χ1v) is 14.4. The van der Waals surface area contributed by atoms with E-state index in [4.69, 9.17) is 4.42 Å². The maximum absolute atomic E-state index is 13.0. The summed E-state index contributed by atoms with van der Waals surface area (Å²) < 4.78 is 7.82. The monoisotopic (exact) mass is 584 g/mol. The quantitative estimate of drug-likeness (QED) is 0.159. The molecule has 0 unspecified atom stereocenters. The Hall–Kier alpha value is -5.70. The van der Waals surface area contributed by atoms with Crippen LogP contribution < -0.4 is 5.32 Å². The molecule has 7 rings (SSSR count). The molecule has 0 radical (unpaired) electrons. The van der Waals surface area contributed by atoms with Crippen molar-refractivity contribution in [2.45, 2.75) is 31.8 Å². The summed E-state index contributed by atoms with van der Waals surface area (Å²) in [5.74, 6) is -1.12. The molecule has 0 atom stereocenters. The van der Waals surface area contributed by atoms with Crippen molar-refractivity contribution in [3.05, 3.63) is 114 Å². The molecular weight excluding hydrogens is 556 g/mol. The van der Waals surface area contributed by atoms with Crippen molar-refractivity contribution in [2.24, 2.45) is 0 Å². The molecule has 0 spiro atoms. The number of hydrogen-bond acceptors (Lipinski definition) is 6. The van der Waals surface area contributed by atoms with Gasteiger partial charge in [0.05, 0.1) is 17.8 Å². The van der Waals surface area contributed by atoms with Gasteiger partial charge in [-0.2, -0.15) is 0 Å². The standard InChI is InChI=1S/C35H28N4O5/c40-29-19-30-27(18-26(29)35(42)43)32(34(44-30)21-10-2-1-3-11-21)28-20-39(38-37-28)17-9-8-16-31(41)36-33-24-14-6-4-12-22(24)23-13-5-7-15-25(23)33/h1-7,10-15,18-20,33,40H,8-9,16-17H2,(H,36,41)(H,42,43). The van der Waals surface area contributed by atoms with E-state index >= 15 is 0 Å². The molecular formula is C35H28N4O5. The van der Waals surface area contributed by atoms with E-state index in [0.29, 0.717) is 53.8 Å². The Kier molecular flexibility index (Phi) is 6.90. The van der Waals surface area contributed by atoms with Gasteiger partial charge in [0.2, 0.25) is 5.91 Å². The molecule has 0 fully saturated rings. The van der Waals surface area contributed by atoms with Gasteiger partial charge in [-0.05, 0) is 41.2 Å². The summed E-state index contributed by atoms with van der Waals surface area (Å²) in [6, 6.07) is 28.3. The molecule has 1 amide bonds. The van der Waals surface area contributed by atoms with Gasteiger partial charge in [0, 0.05) is 30.0 Å². The number of fused-ring (bicyclic) bond motifs is 4. The van der Waals surface area contributed by atoms with E-state index in [1.165, 1.54) is 12.1 Å². The molecule has 9 nitrogen and oxygen atoms in total. The molecule has 0 saturated carbocycles. The van der Waals surface area contributed by atoms with Crippen molar-refractivity contribution in [3.63, 3.8) is 0 Å². The Labute approximate surface area is 252 Å². The maximum Gasteiger partial charge on any atom is 0.339 e.